The first-order valence-electron chi connectivity index (χ1n) is 42.5. The lowest BCUT2D eigenvalue weighted by Gasteiger charge is -2.48. The minimum Gasteiger partial charge on any atom is -0.394 e. The van der Waals surface area contributed by atoms with E-state index in [0.29, 0.717) is 6.42 Å². The Labute approximate surface area is 630 Å². The van der Waals surface area contributed by atoms with E-state index in [0.717, 1.165) is 70.6 Å². The van der Waals surface area contributed by atoms with Gasteiger partial charge in [0.15, 0.2) is 18.9 Å². The minimum absolute atomic E-state index is 0.243. The molecule has 17 unspecified atom stereocenters. The second-order valence-electron chi connectivity index (χ2n) is 30.3. The van der Waals surface area contributed by atoms with Crippen molar-refractivity contribution < 1.29 is 89.4 Å². The highest BCUT2D eigenvalue weighted by Gasteiger charge is 2.54. The second kappa shape index (κ2) is 65.2. The Morgan fingerprint density at radius 1 is 0.356 bits per heavy atom. The molecule has 3 heterocycles. The van der Waals surface area contributed by atoms with Gasteiger partial charge in [-0.2, -0.15) is 0 Å². The van der Waals surface area contributed by atoms with E-state index in [1.807, 2.05) is 6.08 Å². The van der Waals surface area contributed by atoms with Crippen LogP contribution in [0.2, 0.25) is 0 Å². The van der Waals surface area contributed by atoms with Gasteiger partial charge in [0.05, 0.1) is 38.6 Å². The lowest BCUT2D eigenvalue weighted by Crippen LogP contribution is -2.66. The van der Waals surface area contributed by atoms with Crippen LogP contribution in [-0.2, 0) is 33.2 Å². The first-order chi connectivity index (χ1) is 50.8. The Kier molecular flexibility index (Phi) is 60.0. The largest absolute Gasteiger partial charge is 0.394 e. The monoisotopic (exact) mass is 1480 g/mol. The first kappa shape index (κ1) is 95.7. The first-order valence-corrected chi connectivity index (χ1v) is 42.5. The molecule has 3 fully saturated rings. The third-order valence-corrected chi connectivity index (χ3v) is 21.1. The highest BCUT2D eigenvalue weighted by Crippen LogP contribution is 2.33. The van der Waals surface area contributed by atoms with E-state index in [2.05, 4.69) is 67.8 Å². The van der Waals surface area contributed by atoms with Gasteiger partial charge in [-0.15, -0.1) is 0 Å². The van der Waals surface area contributed by atoms with Crippen LogP contribution in [0, 0.1) is 0 Å². The molecule has 0 bridgehead atoms. The molecule has 1 amide bonds. The summed E-state index contributed by atoms with van der Waals surface area (Å²) in [5.74, 6) is -0.272. The molecule has 0 aliphatic carbocycles. The third-order valence-electron chi connectivity index (χ3n) is 21.1. The number of unbranched alkanes of at least 4 members (excludes halogenated alkanes) is 44. The molecule has 19 nitrogen and oxygen atoms in total. The number of ether oxygens (including phenoxy) is 6. The Bertz CT molecular complexity index is 2110. The fourth-order valence-corrected chi connectivity index (χ4v) is 14.3. The van der Waals surface area contributed by atoms with Crippen LogP contribution in [0.25, 0.3) is 0 Å². The Balaban J connectivity index is 1.36. The molecule has 0 radical (unpaired) electrons. The van der Waals surface area contributed by atoms with Crippen LogP contribution in [0.4, 0.5) is 0 Å². The predicted octanol–water partition coefficient (Wildman–Crippen LogP) is 15.0. The number of amides is 1. The maximum atomic E-state index is 13.5. The average molecular weight is 1480 g/mol. The van der Waals surface area contributed by atoms with Gasteiger partial charge in [0.1, 0.15) is 73.2 Å². The SMILES string of the molecule is CC/C=C\C/C=C\C/C=C\C/C=C\CCCCCCCCCCCCCCCCCCC(=O)NC(COC1OC(CO)C(OC2OC(CO)C(OC3OC(CO)C(O)C(O)C3O)C(O)C2O)C(O)C1O)C(O)/C=C/CCCCCCCCCCCCCCCCCCCCCCCCCCCCCC. The van der Waals surface area contributed by atoms with Crippen molar-refractivity contribution in [3.63, 3.8) is 0 Å². The molecule has 17 atom stereocenters. The molecule has 608 valence electrons. The number of rotatable bonds is 68. The van der Waals surface area contributed by atoms with E-state index in [1.54, 1.807) is 6.08 Å². The Hall–Kier alpha value is -2.51. The van der Waals surface area contributed by atoms with Gasteiger partial charge in [0.2, 0.25) is 5.91 Å². The van der Waals surface area contributed by atoms with Crippen molar-refractivity contribution >= 4 is 5.91 Å². The summed E-state index contributed by atoms with van der Waals surface area (Å²) in [6.45, 7) is 1.68. The number of nitrogens with one attached hydrogen (secondary N) is 1. The molecule has 0 aromatic carbocycles. The molecule has 3 aliphatic rings. The average Bonchev–Trinajstić information content (AvgIpc) is 0.781. The van der Waals surface area contributed by atoms with E-state index in [9.17, 15) is 61.0 Å². The smallest absolute Gasteiger partial charge is 0.220 e. The van der Waals surface area contributed by atoms with Gasteiger partial charge in [-0.05, 0) is 57.8 Å². The number of hydrogen-bond acceptors (Lipinski definition) is 18. The number of aliphatic hydroxyl groups is 11. The van der Waals surface area contributed by atoms with E-state index < -0.39 is 124 Å². The Morgan fingerprint density at radius 3 is 1.04 bits per heavy atom. The molecular formula is C85H155NO18. The van der Waals surface area contributed by atoms with E-state index in [-0.39, 0.29) is 18.9 Å². The number of carbonyl (C=O) groups excluding carboxylic acids is 1. The molecule has 104 heavy (non-hydrogen) atoms. The molecule has 0 aromatic rings. The second-order valence-corrected chi connectivity index (χ2v) is 30.3. The fraction of sp³-hybridized carbons (Fsp3) is 0.871. The van der Waals surface area contributed by atoms with Crippen molar-refractivity contribution in [2.24, 2.45) is 0 Å². The number of allylic oxidation sites excluding steroid dienone is 9. The lowest BCUT2D eigenvalue weighted by molar-refractivity contribution is -0.379. The van der Waals surface area contributed by atoms with Crippen LogP contribution in [-0.4, -0.2) is 193 Å². The maximum Gasteiger partial charge on any atom is 0.220 e. The van der Waals surface area contributed by atoms with E-state index in [4.69, 9.17) is 28.4 Å². The third kappa shape index (κ3) is 44.4. The summed E-state index contributed by atoms with van der Waals surface area (Å²) in [6.07, 6.45) is 57.8. The molecule has 0 saturated carbocycles. The lowest BCUT2D eigenvalue weighted by atomic mass is 9.96. The topological polar surface area (TPSA) is 307 Å². The van der Waals surface area contributed by atoms with Crippen LogP contribution in [0.1, 0.15) is 341 Å². The summed E-state index contributed by atoms with van der Waals surface area (Å²) < 4.78 is 34.5. The van der Waals surface area contributed by atoms with Crippen LogP contribution in [0.3, 0.4) is 0 Å². The molecule has 19 heteroatoms. The standard InChI is InChI=1S/C85H155NO18/c1-3-5-7-9-11-13-15-17-19-21-23-25-27-29-31-33-35-36-38-40-42-44-46-48-50-52-54-56-58-60-62-69(90)68(86-73(91)63-61-59-57-55-53-51-49-47-45-43-41-39-37-34-32-30-28-26-24-22-20-18-16-14-12-10-8-6-4-2)67-99-83-79(97)76(94)81(71(65-88)101-83)104-85-80(98)77(95)82(72(66-89)102-85)103-84-78(96)75(93)74(92)70(64-87)100-84/h6,8,12,14,18,20,24,26,60,62,68-72,74-85,87-90,92-98H,3-5,7,9-11,13,15-17,19,21-23,25,27-59,61,63-67H2,1-2H3,(H,86,91)/b8-6-,14-12-,20-18-,26-24-,62-60+. The van der Waals surface area contributed by atoms with Gasteiger partial charge in [0.25, 0.3) is 0 Å². The molecule has 3 aliphatic heterocycles. The molecule has 12 N–H and O–H groups in total. The molecule has 3 rings (SSSR count). The van der Waals surface area contributed by atoms with Crippen molar-refractivity contribution in [1.29, 1.82) is 0 Å². The summed E-state index contributed by atoms with van der Waals surface area (Å²) in [6, 6.07) is -0.977. The fourth-order valence-electron chi connectivity index (χ4n) is 14.3. The van der Waals surface area contributed by atoms with Gasteiger partial charge < -0.3 is 89.9 Å². The van der Waals surface area contributed by atoms with Gasteiger partial charge in [-0.1, -0.05) is 338 Å². The summed E-state index contributed by atoms with van der Waals surface area (Å²) in [4.78, 5) is 13.5. The van der Waals surface area contributed by atoms with Crippen molar-refractivity contribution in [2.45, 2.75) is 446 Å². The van der Waals surface area contributed by atoms with Crippen LogP contribution in [0.5, 0.6) is 0 Å². The summed E-state index contributed by atoms with van der Waals surface area (Å²) in [5.41, 5.74) is 0. The summed E-state index contributed by atoms with van der Waals surface area (Å²) in [7, 11) is 0. The summed E-state index contributed by atoms with van der Waals surface area (Å²) in [5, 5.41) is 121. The highest BCUT2D eigenvalue weighted by atomic mass is 16.8. The van der Waals surface area contributed by atoms with Crippen LogP contribution in [0.15, 0.2) is 60.8 Å². The van der Waals surface area contributed by atoms with Gasteiger partial charge in [-0.25, -0.2) is 0 Å². The number of aliphatic hydroxyl groups excluding tert-OH is 11. The summed E-state index contributed by atoms with van der Waals surface area (Å²) >= 11 is 0. The zero-order chi connectivity index (χ0) is 75.3. The van der Waals surface area contributed by atoms with Gasteiger partial charge in [-0.3, -0.25) is 4.79 Å². The van der Waals surface area contributed by atoms with Crippen molar-refractivity contribution in [2.75, 3.05) is 26.4 Å². The van der Waals surface area contributed by atoms with Crippen molar-refractivity contribution in [1.82, 2.24) is 5.32 Å². The van der Waals surface area contributed by atoms with E-state index >= 15 is 0 Å². The number of hydrogen-bond donors (Lipinski definition) is 12. The molecule has 0 aromatic heterocycles. The zero-order valence-electron chi connectivity index (χ0n) is 65.3. The van der Waals surface area contributed by atoms with Gasteiger partial charge in [0, 0.05) is 6.42 Å². The Morgan fingerprint density at radius 2 is 0.663 bits per heavy atom. The minimum atomic E-state index is -1.98. The van der Waals surface area contributed by atoms with Crippen LogP contribution >= 0.6 is 0 Å². The number of carbonyl (C=O) groups is 1. The highest BCUT2D eigenvalue weighted by molar-refractivity contribution is 5.76. The maximum absolute atomic E-state index is 13.5. The quantitative estimate of drug-likeness (QED) is 0.0199. The van der Waals surface area contributed by atoms with Gasteiger partial charge >= 0.3 is 0 Å². The van der Waals surface area contributed by atoms with Crippen molar-refractivity contribution in [3.8, 4) is 0 Å². The predicted molar refractivity (Wildman–Crippen MR) is 415 cm³/mol. The van der Waals surface area contributed by atoms with E-state index in [1.165, 1.54) is 244 Å². The van der Waals surface area contributed by atoms with Crippen molar-refractivity contribution in [3.05, 3.63) is 60.8 Å². The molecule has 0 spiro atoms. The molecular weight excluding hydrogens is 1320 g/mol. The van der Waals surface area contributed by atoms with Crippen LogP contribution < -0.4 is 5.32 Å². The normalized spacial score (nSPS) is 26.2. The molecule has 3 saturated heterocycles. The zero-order valence-corrected chi connectivity index (χ0v) is 65.3.